The Kier molecular flexibility index (Phi) is 4.54. The number of ether oxygens (including phenoxy) is 1. The van der Waals surface area contributed by atoms with Crippen LogP contribution in [0.15, 0.2) is 18.2 Å². The van der Waals surface area contributed by atoms with Crippen molar-refractivity contribution in [1.82, 2.24) is 5.32 Å². The Hall–Kier alpha value is -1.02. The summed E-state index contributed by atoms with van der Waals surface area (Å²) in [4.78, 5) is 0. The van der Waals surface area contributed by atoms with Gasteiger partial charge in [-0.15, -0.1) is 0 Å². The van der Waals surface area contributed by atoms with Crippen LogP contribution >= 0.6 is 0 Å². The van der Waals surface area contributed by atoms with Gasteiger partial charge in [0.05, 0.1) is 7.11 Å². The van der Waals surface area contributed by atoms with E-state index in [0.29, 0.717) is 11.5 Å². The second-order valence-electron chi connectivity index (χ2n) is 6.95. The summed E-state index contributed by atoms with van der Waals surface area (Å²) in [6, 6.07) is 7.17. The van der Waals surface area contributed by atoms with E-state index in [2.05, 4.69) is 30.4 Å². The number of benzene rings is 1. The van der Waals surface area contributed by atoms with Crippen molar-refractivity contribution in [2.45, 2.75) is 64.3 Å². The smallest absolute Gasteiger partial charge is 0.119 e. The number of hydrogen-bond donors (Lipinski definition) is 1. The van der Waals surface area contributed by atoms with E-state index in [-0.39, 0.29) is 0 Å². The van der Waals surface area contributed by atoms with E-state index in [1.807, 2.05) is 0 Å². The molecule has 2 aliphatic rings. The molecule has 0 amide bonds. The summed E-state index contributed by atoms with van der Waals surface area (Å²) in [7, 11) is 1.76. The number of rotatable bonds is 5. The number of nitrogens with one attached hydrogen (secondary N) is 1. The molecular formula is C19H29NO. The molecule has 116 valence electrons. The van der Waals surface area contributed by atoms with E-state index >= 15 is 0 Å². The molecule has 2 heteroatoms. The molecule has 0 radical (unpaired) electrons. The molecule has 0 spiro atoms. The molecule has 0 bridgehead atoms. The predicted octanol–water partition coefficient (Wildman–Crippen LogP) is 4.63. The van der Waals surface area contributed by atoms with Crippen LogP contribution in [0.4, 0.5) is 0 Å². The molecule has 2 nitrogen and oxygen atoms in total. The van der Waals surface area contributed by atoms with Crippen molar-refractivity contribution in [1.29, 1.82) is 0 Å². The molecule has 1 saturated carbocycles. The molecule has 0 saturated heterocycles. The summed E-state index contributed by atoms with van der Waals surface area (Å²) in [5.41, 5.74) is 3.56. The number of fused-ring (bicyclic) bond motifs is 1. The van der Waals surface area contributed by atoms with E-state index in [1.54, 1.807) is 7.11 Å². The molecule has 1 atom stereocenters. The third-order valence-electron chi connectivity index (χ3n) is 5.80. The Morgan fingerprint density at radius 2 is 2.05 bits per heavy atom. The summed E-state index contributed by atoms with van der Waals surface area (Å²) in [6.45, 7) is 3.56. The van der Waals surface area contributed by atoms with Gasteiger partial charge in [-0.25, -0.2) is 0 Å². The van der Waals surface area contributed by atoms with Crippen LogP contribution in [0.3, 0.4) is 0 Å². The number of hydrogen-bond acceptors (Lipinski definition) is 2. The third kappa shape index (κ3) is 3.11. The van der Waals surface area contributed by atoms with Gasteiger partial charge in [-0.1, -0.05) is 25.8 Å². The maximum absolute atomic E-state index is 5.37. The second-order valence-corrected chi connectivity index (χ2v) is 6.95. The van der Waals surface area contributed by atoms with Crippen LogP contribution < -0.4 is 10.1 Å². The lowest BCUT2D eigenvalue weighted by Crippen LogP contribution is -2.35. The monoisotopic (exact) mass is 287 g/mol. The van der Waals surface area contributed by atoms with Crippen molar-refractivity contribution in [2.24, 2.45) is 5.41 Å². The Morgan fingerprint density at radius 3 is 2.76 bits per heavy atom. The van der Waals surface area contributed by atoms with Crippen LogP contribution in [0.25, 0.3) is 0 Å². The van der Waals surface area contributed by atoms with Gasteiger partial charge in [-0.2, -0.15) is 0 Å². The maximum Gasteiger partial charge on any atom is 0.119 e. The lowest BCUT2D eigenvalue weighted by Gasteiger charge is -2.33. The van der Waals surface area contributed by atoms with Crippen LogP contribution in [0.1, 0.15) is 69.0 Å². The van der Waals surface area contributed by atoms with Crippen molar-refractivity contribution in [2.75, 3.05) is 13.7 Å². The average molecular weight is 287 g/mol. The standard InChI is InChI=1S/C19H29NO/c1-3-19(11-4-5-12-19)14-20-18-8-6-7-15-13-16(21-2)9-10-17(15)18/h9-10,13,18,20H,3-8,11-12,14H2,1-2H3. The third-order valence-corrected chi connectivity index (χ3v) is 5.80. The fraction of sp³-hybridized carbons (Fsp3) is 0.684. The zero-order chi connectivity index (χ0) is 14.7. The first-order chi connectivity index (χ1) is 10.3. The van der Waals surface area contributed by atoms with Crippen molar-refractivity contribution < 1.29 is 4.74 Å². The van der Waals surface area contributed by atoms with Gasteiger partial charge >= 0.3 is 0 Å². The van der Waals surface area contributed by atoms with Crippen LogP contribution in [0, 0.1) is 5.41 Å². The molecule has 0 aromatic heterocycles. The molecule has 3 rings (SSSR count). The van der Waals surface area contributed by atoms with Crippen molar-refractivity contribution in [3.63, 3.8) is 0 Å². The summed E-state index contributed by atoms with van der Waals surface area (Å²) in [5, 5.41) is 3.91. The SMILES string of the molecule is CCC1(CNC2CCCc3cc(OC)ccc32)CCCC1. The predicted molar refractivity (Wildman–Crippen MR) is 87.9 cm³/mol. The van der Waals surface area contributed by atoms with Gasteiger partial charge in [-0.05, 0) is 67.2 Å². The fourth-order valence-electron chi connectivity index (χ4n) is 4.25. The van der Waals surface area contributed by atoms with E-state index in [1.165, 1.54) is 69.0 Å². The fourth-order valence-corrected chi connectivity index (χ4v) is 4.25. The zero-order valence-electron chi connectivity index (χ0n) is 13.6. The summed E-state index contributed by atoms with van der Waals surface area (Å²) < 4.78 is 5.37. The van der Waals surface area contributed by atoms with Gasteiger partial charge in [-0.3, -0.25) is 0 Å². The lowest BCUT2D eigenvalue weighted by molar-refractivity contribution is 0.250. The Bertz CT molecular complexity index is 476. The first-order valence-corrected chi connectivity index (χ1v) is 8.66. The molecule has 21 heavy (non-hydrogen) atoms. The maximum atomic E-state index is 5.37. The minimum Gasteiger partial charge on any atom is -0.497 e. The van der Waals surface area contributed by atoms with Gasteiger partial charge in [0.25, 0.3) is 0 Å². The quantitative estimate of drug-likeness (QED) is 0.852. The zero-order valence-corrected chi connectivity index (χ0v) is 13.6. The molecule has 1 aromatic rings. The number of aryl methyl sites for hydroxylation is 1. The van der Waals surface area contributed by atoms with E-state index in [9.17, 15) is 0 Å². The normalized spacial score (nSPS) is 23.8. The molecule has 1 fully saturated rings. The molecule has 1 N–H and O–H groups in total. The van der Waals surface area contributed by atoms with Crippen LogP contribution in [0.5, 0.6) is 5.75 Å². The Morgan fingerprint density at radius 1 is 1.24 bits per heavy atom. The van der Waals surface area contributed by atoms with E-state index in [0.717, 1.165) is 5.75 Å². The largest absolute Gasteiger partial charge is 0.497 e. The van der Waals surface area contributed by atoms with Crippen molar-refractivity contribution in [3.8, 4) is 5.75 Å². The highest BCUT2D eigenvalue weighted by Crippen LogP contribution is 2.41. The summed E-state index contributed by atoms with van der Waals surface area (Å²) in [6.07, 6.45) is 10.8. The highest BCUT2D eigenvalue weighted by atomic mass is 16.5. The number of methoxy groups -OCH3 is 1. The van der Waals surface area contributed by atoms with Gasteiger partial charge in [0.15, 0.2) is 0 Å². The van der Waals surface area contributed by atoms with Crippen LogP contribution in [-0.4, -0.2) is 13.7 Å². The van der Waals surface area contributed by atoms with Crippen molar-refractivity contribution >= 4 is 0 Å². The van der Waals surface area contributed by atoms with Gasteiger partial charge in [0.2, 0.25) is 0 Å². The molecule has 0 heterocycles. The van der Waals surface area contributed by atoms with Crippen LogP contribution in [-0.2, 0) is 6.42 Å². The second kappa shape index (κ2) is 6.39. The average Bonchev–Trinajstić information content (AvgIpc) is 3.01. The topological polar surface area (TPSA) is 21.3 Å². The highest BCUT2D eigenvalue weighted by molar-refractivity contribution is 5.39. The van der Waals surface area contributed by atoms with Crippen LogP contribution in [0.2, 0.25) is 0 Å². The van der Waals surface area contributed by atoms with E-state index < -0.39 is 0 Å². The molecular weight excluding hydrogens is 258 g/mol. The Balaban J connectivity index is 1.70. The highest BCUT2D eigenvalue weighted by Gasteiger charge is 2.33. The van der Waals surface area contributed by atoms with E-state index in [4.69, 9.17) is 4.74 Å². The summed E-state index contributed by atoms with van der Waals surface area (Å²) >= 11 is 0. The minimum atomic E-state index is 0.545. The molecule has 0 aliphatic heterocycles. The van der Waals surface area contributed by atoms with Gasteiger partial charge in [0.1, 0.15) is 5.75 Å². The lowest BCUT2D eigenvalue weighted by atomic mass is 9.82. The molecule has 2 aliphatic carbocycles. The van der Waals surface area contributed by atoms with Gasteiger partial charge < -0.3 is 10.1 Å². The molecule has 1 aromatic carbocycles. The minimum absolute atomic E-state index is 0.545. The first kappa shape index (κ1) is 14.9. The molecule has 1 unspecified atom stereocenters. The van der Waals surface area contributed by atoms with Crippen molar-refractivity contribution in [3.05, 3.63) is 29.3 Å². The van der Waals surface area contributed by atoms with Gasteiger partial charge in [0, 0.05) is 12.6 Å². The Labute approximate surface area is 129 Å². The summed E-state index contributed by atoms with van der Waals surface area (Å²) in [5.74, 6) is 0.996. The first-order valence-electron chi connectivity index (χ1n) is 8.66.